The Hall–Kier alpha value is -0.940. The molecule has 3 nitrogen and oxygen atoms in total. The standard InChI is InChI=1S/C12H14O3S2/c1-3-15-11(13)10-8-6-4-5-7-9(8)12(16-10)17(2)14/h5,7H,3-4,6H2,1-2H3/t17-/m0/s1. The van der Waals surface area contributed by atoms with Crippen molar-refractivity contribution in [3.8, 4) is 0 Å². The van der Waals surface area contributed by atoms with Crippen molar-refractivity contribution in [2.45, 2.75) is 24.0 Å². The van der Waals surface area contributed by atoms with E-state index >= 15 is 0 Å². The molecule has 0 amide bonds. The van der Waals surface area contributed by atoms with Crippen LogP contribution < -0.4 is 0 Å². The van der Waals surface area contributed by atoms with E-state index in [0.29, 0.717) is 11.5 Å². The van der Waals surface area contributed by atoms with Gasteiger partial charge in [0.05, 0.1) is 21.6 Å². The quantitative estimate of drug-likeness (QED) is 0.793. The van der Waals surface area contributed by atoms with Crippen molar-refractivity contribution in [3.63, 3.8) is 0 Å². The predicted octanol–water partition coefficient (Wildman–Crippen LogP) is 2.62. The van der Waals surface area contributed by atoms with Gasteiger partial charge in [0.1, 0.15) is 4.88 Å². The van der Waals surface area contributed by atoms with E-state index in [0.717, 1.165) is 28.2 Å². The third kappa shape index (κ3) is 2.35. The summed E-state index contributed by atoms with van der Waals surface area (Å²) >= 11 is 1.31. The molecule has 0 saturated carbocycles. The first kappa shape index (κ1) is 12.5. The summed E-state index contributed by atoms with van der Waals surface area (Å²) in [6, 6.07) is 0. The number of carbonyl (C=O) groups excluding carboxylic acids is 1. The Morgan fingerprint density at radius 1 is 1.59 bits per heavy atom. The number of hydrogen-bond donors (Lipinski definition) is 0. The van der Waals surface area contributed by atoms with Gasteiger partial charge < -0.3 is 4.74 Å². The van der Waals surface area contributed by atoms with Crippen molar-refractivity contribution < 1.29 is 13.7 Å². The van der Waals surface area contributed by atoms with E-state index < -0.39 is 10.8 Å². The smallest absolute Gasteiger partial charge is 0.348 e. The van der Waals surface area contributed by atoms with E-state index in [2.05, 4.69) is 6.08 Å². The highest BCUT2D eigenvalue weighted by atomic mass is 32.2. The average Bonchev–Trinajstić information content (AvgIpc) is 2.69. The zero-order valence-corrected chi connectivity index (χ0v) is 11.5. The van der Waals surface area contributed by atoms with Crippen LogP contribution in [0, 0.1) is 0 Å². The van der Waals surface area contributed by atoms with Gasteiger partial charge in [-0.2, -0.15) is 0 Å². The zero-order valence-electron chi connectivity index (χ0n) is 9.82. The normalized spacial score (nSPS) is 15.4. The maximum absolute atomic E-state index is 11.8. The molecule has 1 aliphatic rings. The van der Waals surface area contributed by atoms with Crippen molar-refractivity contribution in [2.24, 2.45) is 0 Å². The fraction of sp³-hybridized carbons (Fsp3) is 0.417. The fourth-order valence-electron chi connectivity index (χ4n) is 1.88. The largest absolute Gasteiger partial charge is 0.462 e. The van der Waals surface area contributed by atoms with Crippen molar-refractivity contribution in [2.75, 3.05) is 12.9 Å². The van der Waals surface area contributed by atoms with Crippen LogP contribution in [0.15, 0.2) is 10.3 Å². The molecule has 2 rings (SSSR count). The van der Waals surface area contributed by atoms with Crippen LogP contribution in [-0.2, 0) is 22.0 Å². The molecule has 0 N–H and O–H groups in total. The Kier molecular flexibility index (Phi) is 3.79. The van der Waals surface area contributed by atoms with Gasteiger partial charge in [-0.3, -0.25) is 4.21 Å². The first-order valence-electron chi connectivity index (χ1n) is 5.48. The molecule has 1 atom stereocenters. The summed E-state index contributed by atoms with van der Waals surface area (Å²) in [6.07, 6.45) is 7.41. The van der Waals surface area contributed by atoms with Gasteiger partial charge in [-0.15, -0.1) is 11.3 Å². The Bertz CT molecular complexity index is 500. The first-order chi connectivity index (χ1) is 8.15. The van der Waals surface area contributed by atoms with Gasteiger partial charge >= 0.3 is 5.97 Å². The number of allylic oxidation sites excluding steroid dienone is 1. The predicted molar refractivity (Wildman–Crippen MR) is 70.0 cm³/mol. The Balaban J connectivity index is 2.50. The minimum Gasteiger partial charge on any atom is -0.462 e. The lowest BCUT2D eigenvalue weighted by Gasteiger charge is -2.07. The summed E-state index contributed by atoms with van der Waals surface area (Å²) < 4.78 is 17.5. The van der Waals surface area contributed by atoms with Crippen LogP contribution in [0.5, 0.6) is 0 Å². The van der Waals surface area contributed by atoms with E-state index in [1.165, 1.54) is 11.3 Å². The Morgan fingerprint density at radius 2 is 2.35 bits per heavy atom. The second-order valence-corrected chi connectivity index (χ2v) is 6.32. The van der Waals surface area contributed by atoms with Crippen LogP contribution in [0.4, 0.5) is 0 Å². The first-order valence-corrected chi connectivity index (χ1v) is 7.85. The maximum Gasteiger partial charge on any atom is 0.348 e. The molecule has 0 saturated heterocycles. The van der Waals surface area contributed by atoms with E-state index in [4.69, 9.17) is 4.74 Å². The summed E-state index contributed by atoms with van der Waals surface area (Å²) in [5.74, 6) is -0.291. The van der Waals surface area contributed by atoms with Gasteiger partial charge in [-0.1, -0.05) is 12.2 Å². The maximum atomic E-state index is 11.8. The van der Waals surface area contributed by atoms with Gasteiger partial charge in [-0.05, 0) is 25.3 Å². The van der Waals surface area contributed by atoms with Crippen LogP contribution in [0.3, 0.4) is 0 Å². The summed E-state index contributed by atoms with van der Waals surface area (Å²) in [4.78, 5) is 12.4. The second-order valence-electron chi connectivity index (χ2n) is 3.73. The fourth-order valence-corrected chi connectivity index (χ4v) is 4.06. The minimum atomic E-state index is -1.06. The third-order valence-electron chi connectivity index (χ3n) is 2.58. The average molecular weight is 270 g/mol. The lowest BCUT2D eigenvalue weighted by atomic mass is 10.00. The highest BCUT2D eigenvalue weighted by molar-refractivity contribution is 7.86. The number of esters is 1. The van der Waals surface area contributed by atoms with Crippen molar-refractivity contribution in [3.05, 3.63) is 22.1 Å². The lowest BCUT2D eigenvalue weighted by molar-refractivity contribution is 0.0531. The minimum absolute atomic E-state index is 0.291. The second kappa shape index (κ2) is 5.14. The molecule has 0 aliphatic heterocycles. The molecule has 1 aromatic heterocycles. The molecule has 0 aromatic carbocycles. The third-order valence-corrected chi connectivity index (χ3v) is 5.30. The Labute approximate surface area is 107 Å². The Morgan fingerprint density at radius 3 is 3.00 bits per heavy atom. The molecule has 0 bridgehead atoms. The zero-order chi connectivity index (χ0) is 12.4. The van der Waals surface area contributed by atoms with E-state index in [-0.39, 0.29) is 5.97 Å². The van der Waals surface area contributed by atoms with Crippen LogP contribution in [0.25, 0.3) is 6.08 Å². The van der Waals surface area contributed by atoms with Gasteiger partial charge in [0.15, 0.2) is 0 Å². The molecule has 0 spiro atoms. The van der Waals surface area contributed by atoms with E-state index in [1.54, 1.807) is 13.2 Å². The monoisotopic (exact) mass is 270 g/mol. The highest BCUT2D eigenvalue weighted by Crippen LogP contribution is 2.35. The van der Waals surface area contributed by atoms with Crippen LogP contribution in [-0.4, -0.2) is 23.0 Å². The van der Waals surface area contributed by atoms with Gasteiger partial charge in [0.25, 0.3) is 0 Å². The molecule has 1 heterocycles. The van der Waals surface area contributed by atoms with Crippen LogP contribution in [0.1, 0.15) is 34.1 Å². The van der Waals surface area contributed by atoms with Crippen molar-refractivity contribution in [1.82, 2.24) is 0 Å². The molecule has 92 valence electrons. The molecule has 0 fully saturated rings. The molecule has 17 heavy (non-hydrogen) atoms. The summed E-state index contributed by atoms with van der Waals surface area (Å²) in [7, 11) is -1.06. The number of fused-ring (bicyclic) bond motifs is 1. The van der Waals surface area contributed by atoms with Crippen molar-refractivity contribution in [1.29, 1.82) is 0 Å². The summed E-state index contributed by atoms with van der Waals surface area (Å²) in [5, 5.41) is 0. The molecule has 5 heteroatoms. The highest BCUT2D eigenvalue weighted by Gasteiger charge is 2.24. The number of rotatable bonds is 3. The number of hydrogen-bond acceptors (Lipinski definition) is 4. The van der Waals surface area contributed by atoms with Gasteiger partial charge in [0, 0.05) is 11.8 Å². The SMILES string of the molecule is CCOC(=O)c1sc([S@](C)=O)c2c1CCC=C2. The van der Waals surface area contributed by atoms with Gasteiger partial charge in [0.2, 0.25) is 0 Å². The van der Waals surface area contributed by atoms with Crippen LogP contribution in [0.2, 0.25) is 0 Å². The summed E-state index contributed by atoms with van der Waals surface area (Å²) in [5.41, 5.74) is 1.96. The topological polar surface area (TPSA) is 43.4 Å². The molecule has 1 aromatic rings. The number of thiophene rings is 1. The number of carbonyl (C=O) groups is 1. The molecule has 1 aliphatic carbocycles. The van der Waals surface area contributed by atoms with Gasteiger partial charge in [-0.25, -0.2) is 4.79 Å². The van der Waals surface area contributed by atoms with Crippen molar-refractivity contribution >= 4 is 34.2 Å². The van der Waals surface area contributed by atoms with Crippen LogP contribution >= 0.6 is 11.3 Å². The lowest BCUT2D eigenvalue weighted by Crippen LogP contribution is -2.06. The molecular weight excluding hydrogens is 256 g/mol. The summed E-state index contributed by atoms with van der Waals surface area (Å²) in [6.45, 7) is 2.16. The van der Waals surface area contributed by atoms with E-state index in [9.17, 15) is 9.00 Å². The van der Waals surface area contributed by atoms with E-state index in [1.807, 2.05) is 6.08 Å². The molecular formula is C12H14O3S2. The number of ether oxygens (including phenoxy) is 1. The molecule has 0 radical (unpaired) electrons. The molecule has 0 unspecified atom stereocenters.